The Morgan fingerprint density at radius 3 is 3.00 bits per heavy atom. The Hall–Kier alpha value is -1.92. The van der Waals surface area contributed by atoms with Crippen LogP contribution >= 0.6 is 0 Å². The zero-order valence-electron chi connectivity index (χ0n) is 7.82. The molecule has 0 bridgehead atoms. The number of nitrogens with one attached hydrogen (secondary N) is 2. The minimum absolute atomic E-state index is 0.119. The molecular formula is C7H12N6O. The maximum absolute atomic E-state index is 11.0. The van der Waals surface area contributed by atoms with Crippen LogP contribution in [-0.2, 0) is 4.79 Å². The second-order valence-corrected chi connectivity index (χ2v) is 2.47. The van der Waals surface area contributed by atoms with Crippen LogP contribution in [0.1, 0.15) is 6.92 Å². The molecule has 0 aliphatic carbocycles. The maximum Gasteiger partial charge on any atom is 0.239 e. The molecule has 0 aromatic carbocycles. The summed E-state index contributed by atoms with van der Waals surface area (Å²) in [6.07, 6.45) is 1.28. The normalized spacial score (nSPS) is 9.50. The van der Waals surface area contributed by atoms with Gasteiger partial charge in [-0.15, -0.1) is 0 Å². The number of amides is 1. The number of rotatable bonds is 4. The van der Waals surface area contributed by atoms with Gasteiger partial charge in [0.25, 0.3) is 0 Å². The molecule has 0 spiro atoms. The van der Waals surface area contributed by atoms with Gasteiger partial charge in [0.05, 0.1) is 6.54 Å². The molecule has 0 aliphatic heterocycles. The van der Waals surface area contributed by atoms with Crippen molar-refractivity contribution in [2.24, 2.45) is 0 Å². The van der Waals surface area contributed by atoms with E-state index in [1.54, 1.807) is 0 Å². The Labute approximate surface area is 81.2 Å². The van der Waals surface area contributed by atoms with Gasteiger partial charge in [-0.2, -0.15) is 4.98 Å². The van der Waals surface area contributed by atoms with Crippen LogP contribution in [0.15, 0.2) is 6.33 Å². The van der Waals surface area contributed by atoms with Crippen molar-refractivity contribution in [3.63, 3.8) is 0 Å². The topological polar surface area (TPSA) is 106 Å². The summed E-state index contributed by atoms with van der Waals surface area (Å²) in [5.41, 5.74) is 5.32. The van der Waals surface area contributed by atoms with Crippen LogP contribution in [0.25, 0.3) is 0 Å². The number of anilines is 2. The van der Waals surface area contributed by atoms with Crippen molar-refractivity contribution >= 4 is 17.8 Å². The van der Waals surface area contributed by atoms with Gasteiger partial charge in [-0.25, -0.2) is 9.97 Å². The fourth-order valence-electron chi connectivity index (χ4n) is 0.813. The molecule has 76 valence electrons. The number of likely N-dealkylation sites (N-methyl/N-ethyl adjacent to an activating group) is 1. The third-order valence-corrected chi connectivity index (χ3v) is 1.37. The Balaban J connectivity index is 2.41. The summed E-state index contributed by atoms with van der Waals surface area (Å²) in [6.45, 7) is 2.57. The van der Waals surface area contributed by atoms with Gasteiger partial charge < -0.3 is 16.4 Å². The number of nitrogens with zero attached hydrogens (tertiary/aromatic N) is 3. The van der Waals surface area contributed by atoms with Gasteiger partial charge in [-0.05, 0) is 6.92 Å². The highest BCUT2D eigenvalue weighted by Gasteiger charge is 2.00. The van der Waals surface area contributed by atoms with Crippen molar-refractivity contribution in [1.82, 2.24) is 20.3 Å². The monoisotopic (exact) mass is 196 g/mol. The van der Waals surface area contributed by atoms with Gasteiger partial charge >= 0.3 is 0 Å². The molecule has 1 amide bonds. The van der Waals surface area contributed by atoms with Crippen LogP contribution in [0.3, 0.4) is 0 Å². The smallest absolute Gasteiger partial charge is 0.239 e. The molecule has 14 heavy (non-hydrogen) atoms. The lowest BCUT2D eigenvalue weighted by atomic mass is 10.5. The maximum atomic E-state index is 11.0. The highest BCUT2D eigenvalue weighted by Crippen LogP contribution is 1.95. The first-order valence-electron chi connectivity index (χ1n) is 4.17. The van der Waals surface area contributed by atoms with E-state index < -0.39 is 0 Å². The molecule has 7 heteroatoms. The third-order valence-electron chi connectivity index (χ3n) is 1.37. The van der Waals surface area contributed by atoms with E-state index in [2.05, 4.69) is 25.6 Å². The van der Waals surface area contributed by atoms with E-state index in [1.165, 1.54) is 6.33 Å². The fourth-order valence-corrected chi connectivity index (χ4v) is 0.813. The third kappa shape index (κ3) is 3.21. The Morgan fingerprint density at radius 2 is 2.36 bits per heavy atom. The largest absolute Gasteiger partial charge is 0.368 e. The quantitative estimate of drug-likeness (QED) is 0.570. The lowest BCUT2D eigenvalue weighted by Gasteiger charge is -2.03. The van der Waals surface area contributed by atoms with Gasteiger partial charge in [0.15, 0.2) is 0 Å². The molecule has 0 saturated carbocycles. The number of hydrogen-bond acceptors (Lipinski definition) is 6. The average Bonchev–Trinajstić information content (AvgIpc) is 2.15. The van der Waals surface area contributed by atoms with E-state index in [1.807, 2.05) is 6.92 Å². The van der Waals surface area contributed by atoms with E-state index in [0.717, 1.165) is 0 Å². The van der Waals surface area contributed by atoms with Crippen molar-refractivity contribution in [3.8, 4) is 0 Å². The first-order chi connectivity index (χ1) is 6.72. The molecule has 0 radical (unpaired) electrons. The zero-order valence-corrected chi connectivity index (χ0v) is 7.82. The summed E-state index contributed by atoms with van der Waals surface area (Å²) < 4.78 is 0. The van der Waals surface area contributed by atoms with Gasteiger partial charge in [0, 0.05) is 6.54 Å². The zero-order chi connectivity index (χ0) is 10.4. The molecule has 0 saturated heterocycles. The fraction of sp³-hybridized carbons (Fsp3) is 0.429. The summed E-state index contributed by atoms with van der Waals surface area (Å²) in [6, 6.07) is 0. The van der Waals surface area contributed by atoms with Crippen LogP contribution in [0.5, 0.6) is 0 Å². The first kappa shape index (κ1) is 10.2. The molecule has 0 unspecified atom stereocenters. The summed E-state index contributed by atoms with van der Waals surface area (Å²) >= 11 is 0. The van der Waals surface area contributed by atoms with Crippen LogP contribution in [0, 0.1) is 0 Å². The Kier molecular flexibility index (Phi) is 3.59. The standard InChI is InChI=1S/C7H12N6O/c1-2-9-5(14)3-10-7-12-4-11-6(8)13-7/h4H,2-3H2,1H3,(H,9,14)(H3,8,10,11,12,13). The van der Waals surface area contributed by atoms with Crippen LogP contribution in [0.2, 0.25) is 0 Å². The summed E-state index contributed by atoms with van der Waals surface area (Å²) in [5.74, 6) is 0.300. The van der Waals surface area contributed by atoms with Crippen molar-refractivity contribution in [3.05, 3.63) is 6.33 Å². The van der Waals surface area contributed by atoms with Gasteiger partial charge in [-0.1, -0.05) is 0 Å². The molecule has 1 aromatic heterocycles. The predicted octanol–water partition coefficient (Wildman–Crippen LogP) is -0.998. The van der Waals surface area contributed by atoms with Crippen LogP contribution in [0.4, 0.5) is 11.9 Å². The summed E-state index contributed by atoms with van der Waals surface area (Å²) in [5, 5.41) is 5.34. The molecule has 7 nitrogen and oxygen atoms in total. The second kappa shape index (κ2) is 4.95. The number of hydrogen-bond donors (Lipinski definition) is 3. The molecule has 1 aromatic rings. The van der Waals surface area contributed by atoms with Gasteiger partial charge in [0.2, 0.25) is 17.8 Å². The van der Waals surface area contributed by atoms with Crippen molar-refractivity contribution in [2.45, 2.75) is 6.92 Å². The molecule has 1 heterocycles. The minimum atomic E-state index is -0.119. The van der Waals surface area contributed by atoms with Gasteiger partial charge in [-0.3, -0.25) is 4.79 Å². The molecule has 0 aliphatic rings. The summed E-state index contributed by atoms with van der Waals surface area (Å²) in [7, 11) is 0. The highest BCUT2D eigenvalue weighted by atomic mass is 16.1. The molecule has 4 N–H and O–H groups in total. The summed E-state index contributed by atoms with van der Waals surface area (Å²) in [4.78, 5) is 22.2. The predicted molar refractivity (Wildman–Crippen MR) is 51.4 cm³/mol. The Bertz CT molecular complexity index is 315. The van der Waals surface area contributed by atoms with Crippen LogP contribution in [-0.4, -0.2) is 33.9 Å². The molecule has 1 rings (SSSR count). The van der Waals surface area contributed by atoms with Crippen LogP contribution < -0.4 is 16.4 Å². The van der Waals surface area contributed by atoms with E-state index in [0.29, 0.717) is 12.5 Å². The second-order valence-electron chi connectivity index (χ2n) is 2.47. The van der Waals surface area contributed by atoms with E-state index in [9.17, 15) is 4.79 Å². The molecular weight excluding hydrogens is 184 g/mol. The number of carbonyl (C=O) groups excluding carboxylic acids is 1. The number of aromatic nitrogens is 3. The first-order valence-corrected chi connectivity index (χ1v) is 4.17. The minimum Gasteiger partial charge on any atom is -0.368 e. The van der Waals surface area contributed by atoms with E-state index in [4.69, 9.17) is 5.73 Å². The van der Waals surface area contributed by atoms with Crippen molar-refractivity contribution < 1.29 is 4.79 Å². The lowest BCUT2D eigenvalue weighted by Crippen LogP contribution is -2.29. The highest BCUT2D eigenvalue weighted by molar-refractivity contribution is 5.80. The van der Waals surface area contributed by atoms with E-state index in [-0.39, 0.29) is 18.4 Å². The average molecular weight is 196 g/mol. The number of nitrogen functional groups attached to an aromatic ring is 1. The van der Waals surface area contributed by atoms with Crippen molar-refractivity contribution in [1.29, 1.82) is 0 Å². The Morgan fingerprint density at radius 1 is 1.57 bits per heavy atom. The van der Waals surface area contributed by atoms with Crippen molar-refractivity contribution in [2.75, 3.05) is 24.1 Å². The molecule has 0 fully saturated rings. The lowest BCUT2D eigenvalue weighted by molar-refractivity contribution is -0.119. The number of nitrogens with two attached hydrogens (primary N) is 1. The number of carbonyl (C=O) groups is 1. The SMILES string of the molecule is CCNC(=O)CNc1ncnc(N)n1. The molecule has 0 atom stereocenters. The van der Waals surface area contributed by atoms with Gasteiger partial charge in [0.1, 0.15) is 6.33 Å². The van der Waals surface area contributed by atoms with E-state index >= 15 is 0 Å².